The molecule has 0 spiro atoms. The molecule has 2 atom stereocenters. The molecule has 2 N–H and O–H groups in total. The lowest BCUT2D eigenvalue weighted by Crippen LogP contribution is -2.55. The van der Waals surface area contributed by atoms with Gasteiger partial charge in [-0.05, 0) is 30.0 Å². The SMILES string of the molecule is CC(C)C[C@H](NC(=O)N1CCOCC1)C(=O)N[C@H](C#N)Cc1cccc(Cl)c1. The number of carbonyl (C=O) groups is 2. The van der Waals surface area contributed by atoms with E-state index in [1.54, 1.807) is 23.1 Å². The fourth-order valence-electron chi connectivity index (χ4n) is 3.01. The van der Waals surface area contributed by atoms with E-state index in [1.165, 1.54) is 0 Å². The van der Waals surface area contributed by atoms with Crippen molar-refractivity contribution in [2.24, 2.45) is 5.92 Å². The van der Waals surface area contributed by atoms with Crippen LogP contribution in [0, 0.1) is 17.2 Å². The van der Waals surface area contributed by atoms with Crippen molar-refractivity contribution in [1.82, 2.24) is 15.5 Å². The summed E-state index contributed by atoms with van der Waals surface area (Å²) in [6, 6.07) is 7.60. The van der Waals surface area contributed by atoms with Gasteiger partial charge in [-0.1, -0.05) is 37.6 Å². The van der Waals surface area contributed by atoms with Crippen LogP contribution in [0.5, 0.6) is 0 Å². The smallest absolute Gasteiger partial charge is 0.318 e. The normalized spacial score (nSPS) is 16.2. The third-order valence-corrected chi connectivity index (χ3v) is 4.66. The molecule has 1 aliphatic rings. The first kappa shape index (κ1) is 22.0. The molecule has 1 aliphatic heterocycles. The fourth-order valence-corrected chi connectivity index (χ4v) is 3.22. The summed E-state index contributed by atoms with van der Waals surface area (Å²) in [7, 11) is 0. The lowest BCUT2D eigenvalue weighted by Gasteiger charge is -2.29. The van der Waals surface area contributed by atoms with Crippen molar-refractivity contribution in [3.05, 3.63) is 34.9 Å². The summed E-state index contributed by atoms with van der Waals surface area (Å²) in [5.74, 6) is -0.155. The van der Waals surface area contributed by atoms with Gasteiger partial charge in [0.15, 0.2) is 0 Å². The number of morpholine rings is 1. The van der Waals surface area contributed by atoms with E-state index in [1.807, 2.05) is 19.9 Å². The monoisotopic (exact) mass is 406 g/mol. The number of rotatable bonds is 7. The van der Waals surface area contributed by atoms with Crippen LogP contribution in [0.3, 0.4) is 0 Å². The molecule has 0 unspecified atom stereocenters. The van der Waals surface area contributed by atoms with Gasteiger partial charge in [0.2, 0.25) is 5.91 Å². The third kappa shape index (κ3) is 7.02. The molecular formula is C20H27ClN4O3. The second-order valence-electron chi connectivity index (χ2n) is 7.26. The van der Waals surface area contributed by atoms with E-state index < -0.39 is 12.1 Å². The maximum absolute atomic E-state index is 12.8. The fraction of sp³-hybridized carbons (Fsp3) is 0.550. The van der Waals surface area contributed by atoms with E-state index in [9.17, 15) is 14.9 Å². The number of halogens is 1. The van der Waals surface area contributed by atoms with Crippen LogP contribution < -0.4 is 10.6 Å². The van der Waals surface area contributed by atoms with Gasteiger partial charge >= 0.3 is 6.03 Å². The van der Waals surface area contributed by atoms with Gasteiger partial charge in [-0.25, -0.2) is 4.79 Å². The van der Waals surface area contributed by atoms with Gasteiger partial charge in [-0.3, -0.25) is 4.79 Å². The number of carbonyl (C=O) groups excluding carboxylic acids is 2. The maximum atomic E-state index is 12.8. The highest BCUT2D eigenvalue weighted by Gasteiger charge is 2.27. The molecule has 0 saturated carbocycles. The Hall–Kier alpha value is -2.30. The molecule has 0 aromatic heterocycles. The predicted molar refractivity (Wildman–Crippen MR) is 107 cm³/mol. The van der Waals surface area contributed by atoms with Crippen LogP contribution in [0.25, 0.3) is 0 Å². The van der Waals surface area contributed by atoms with Crippen molar-refractivity contribution in [1.29, 1.82) is 5.26 Å². The van der Waals surface area contributed by atoms with Crippen LogP contribution in [-0.4, -0.2) is 55.2 Å². The molecule has 152 valence electrons. The summed E-state index contributed by atoms with van der Waals surface area (Å²) in [6.07, 6.45) is 0.825. The molecule has 8 heteroatoms. The van der Waals surface area contributed by atoms with Gasteiger partial charge in [0.05, 0.1) is 19.3 Å². The van der Waals surface area contributed by atoms with E-state index in [0.717, 1.165) is 5.56 Å². The Balaban J connectivity index is 1.99. The van der Waals surface area contributed by atoms with Crippen molar-refractivity contribution in [2.45, 2.75) is 38.8 Å². The Morgan fingerprint density at radius 3 is 2.61 bits per heavy atom. The summed E-state index contributed by atoms with van der Waals surface area (Å²) in [5.41, 5.74) is 0.858. The topological polar surface area (TPSA) is 94.5 Å². The summed E-state index contributed by atoms with van der Waals surface area (Å²) < 4.78 is 5.25. The lowest BCUT2D eigenvalue weighted by atomic mass is 10.0. The molecule has 0 aliphatic carbocycles. The zero-order valence-electron chi connectivity index (χ0n) is 16.3. The van der Waals surface area contributed by atoms with Crippen molar-refractivity contribution in [3.63, 3.8) is 0 Å². The molecule has 1 aromatic carbocycles. The maximum Gasteiger partial charge on any atom is 0.318 e. The zero-order chi connectivity index (χ0) is 20.5. The molecule has 1 aromatic rings. The van der Waals surface area contributed by atoms with Gasteiger partial charge < -0.3 is 20.3 Å². The zero-order valence-corrected chi connectivity index (χ0v) is 17.0. The van der Waals surface area contributed by atoms with E-state index >= 15 is 0 Å². The largest absolute Gasteiger partial charge is 0.378 e. The standard InChI is InChI=1S/C20H27ClN4O3/c1-14(2)10-18(24-20(27)25-6-8-28-9-7-25)19(26)23-17(13-22)12-15-4-3-5-16(21)11-15/h3-5,11,14,17-18H,6-10,12H2,1-2H3,(H,23,26)(H,24,27)/t17-,18-/m0/s1. The van der Waals surface area contributed by atoms with E-state index in [0.29, 0.717) is 44.2 Å². The highest BCUT2D eigenvalue weighted by Crippen LogP contribution is 2.13. The summed E-state index contributed by atoms with van der Waals surface area (Å²) in [4.78, 5) is 26.9. The first-order chi connectivity index (χ1) is 13.4. The van der Waals surface area contributed by atoms with Crippen molar-refractivity contribution < 1.29 is 14.3 Å². The number of amides is 3. The van der Waals surface area contributed by atoms with E-state index in [-0.39, 0.29) is 17.9 Å². The number of nitrogens with zero attached hydrogens (tertiary/aromatic N) is 2. The van der Waals surface area contributed by atoms with Gasteiger partial charge in [0, 0.05) is 24.5 Å². The molecule has 2 rings (SSSR count). The minimum Gasteiger partial charge on any atom is -0.378 e. The summed E-state index contributed by atoms with van der Waals surface area (Å²) in [5, 5.41) is 15.6. The average Bonchev–Trinajstić information content (AvgIpc) is 2.67. The molecule has 1 heterocycles. The molecule has 28 heavy (non-hydrogen) atoms. The predicted octanol–water partition coefficient (Wildman–Crippen LogP) is 2.35. The lowest BCUT2D eigenvalue weighted by molar-refractivity contribution is -0.123. The third-order valence-electron chi connectivity index (χ3n) is 4.42. The minimum absolute atomic E-state index is 0.203. The molecule has 1 fully saturated rings. The van der Waals surface area contributed by atoms with Gasteiger partial charge in [-0.2, -0.15) is 5.26 Å². The van der Waals surface area contributed by atoms with Crippen LogP contribution in [0.15, 0.2) is 24.3 Å². The number of nitrogens with one attached hydrogen (secondary N) is 2. The molecule has 3 amide bonds. The molecule has 7 nitrogen and oxygen atoms in total. The number of ether oxygens (including phenoxy) is 1. The summed E-state index contributed by atoms with van der Waals surface area (Å²) >= 11 is 5.98. The number of hydrogen-bond acceptors (Lipinski definition) is 4. The number of urea groups is 1. The number of hydrogen-bond donors (Lipinski definition) is 2. The van der Waals surface area contributed by atoms with Crippen LogP contribution >= 0.6 is 11.6 Å². The molecular weight excluding hydrogens is 380 g/mol. The van der Waals surface area contributed by atoms with Crippen molar-refractivity contribution >= 4 is 23.5 Å². The van der Waals surface area contributed by atoms with Crippen LogP contribution in [0.2, 0.25) is 5.02 Å². The quantitative estimate of drug-likeness (QED) is 0.726. The first-order valence-corrected chi connectivity index (χ1v) is 9.84. The Labute approximate surface area is 171 Å². The summed E-state index contributed by atoms with van der Waals surface area (Å²) in [6.45, 7) is 5.94. The first-order valence-electron chi connectivity index (χ1n) is 9.46. The van der Waals surface area contributed by atoms with Gasteiger partial charge in [-0.15, -0.1) is 0 Å². The van der Waals surface area contributed by atoms with Crippen molar-refractivity contribution in [3.8, 4) is 6.07 Å². The number of benzene rings is 1. The Morgan fingerprint density at radius 1 is 1.29 bits per heavy atom. The van der Waals surface area contributed by atoms with Crippen LogP contribution in [0.1, 0.15) is 25.8 Å². The second kappa shape index (κ2) is 10.9. The highest BCUT2D eigenvalue weighted by atomic mass is 35.5. The molecule has 0 radical (unpaired) electrons. The average molecular weight is 407 g/mol. The number of nitriles is 1. The van der Waals surface area contributed by atoms with Crippen LogP contribution in [-0.2, 0) is 16.0 Å². The van der Waals surface area contributed by atoms with Gasteiger partial charge in [0.25, 0.3) is 0 Å². The van der Waals surface area contributed by atoms with Crippen molar-refractivity contribution in [2.75, 3.05) is 26.3 Å². The van der Waals surface area contributed by atoms with Crippen LogP contribution in [0.4, 0.5) is 4.79 Å². The molecule has 1 saturated heterocycles. The minimum atomic E-state index is -0.707. The van der Waals surface area contributed by atoms with Gasteiger partial charge in [0.1, 0.15) is 12.1 Å². The van der Waals surface area contributed by atoms with E-state index in [4.69, 9.17) is 16.3 Å². The Kier molecular flexibility index (Phi) is 8.55. The van der Waals surface area contributed by atoms with E-state index in [2.05, 4.69) is 16.7 Å². The Bertz CT molecular complexity index is 714. The Morgan fingerprint density at radius 2 is 2.00 bits per heavy atom. The molecule has 0 bridgehead atoms. The second-order valence-corrected chi connectivity index (χ2v) is 7.69. The highest BCUT2D eigenvalue weighted by molar-refractivity contribution is 6.30.